The van der Waals surface area contributed by atoms with E-state index in [4.69, 9.17) is 10.5 Å². The second-order valence-corrected chi connectivity index (χ2v) is 13.8. The van der Waals surface area contributed by atoms with E-state index in [1.165, 1.54) is 0 Å². The van der Waals surface area contributed by atoms with Crippen LogP contribution in [0.3, 0.4) is 0 Å². The predicted octanol–water partition coefficient (Wildman–Crippen LogP) is 0.894. The van der Waals surface area contributed by atoms with Gasteiger partial charge >= 0.3 is 6.09 Å². The van der Waals surface area contributed by atoms with Crippen LogP contribution in [-0.2, 0) is 4.74 Å². The Bertz CT molecular complexity index is 553. The number of ether oxygens (including phenoxy) is 1. The maximum absolute atomic E-state index is 12.2. The van der Waals surface area contributed by atoms with Crippen LogP contribution in [0.2, 0.25) is 19.6 Å². The normalized spacial score (nSPS) is 26.2. The largest absolute Gasteiger partial charge is 0.444 e. The lowest BCUT2D eigenvalue weighted by Crippen LogP contribution is -2.68. The van der Waals surface area contributed by atoms with E-state index in [9.17, 15) is 4.79 Å². The second kappa shape index (κ2) is 8.27. The van der Waals surface area contributed by atoms with Crippen molar-refractivity contribution in [1.82, 2.24) is 20.2 Å². The third-order valence-corrected chi connectivity index (χ3v) is 5.16. The van der Waals surface area contributed by atoms with Crippen molar-refractivity contribution in [2.45, 2.75) is 58.2 Å². The Balaban J connectivity index is 1.91. The van der Waals surface area contributed by atoms with Crippen LogP contribution >= 0.6 is 0 Å². The molecule has 0 aromatic heterocycles. The minimum Gasteiger partial charge on any atom is -0.444 e. The van der Waals surface area contributed by atoms with E-state index in [2.05, 4.69) is 46.4 Å². The molecule has 2 saturated heterocycles. The van der Waals surface area contributed by atoms with Gasteiger partial charge in [-0.2, -0.15) is 0 Å². The van der Waals surface area contributed by atoms with Gasteiger partial charge in [0.2, 0.25) is 0 Å². The number of hydrazine groups is 1. The Kier molecular flexibility index (Phi) is 6.74. The minimum atomic E-state index is -1.42. The highest BCUT2D eigenvalue weighted by molar-refractivity contribution is 6.83. The van der Waals surface area contributed by atoms with Crippen LogP contribution < -0.4 is 11.1 Å². The molecular weight excluding hydrogens is 346 g/mol. The number of nitrogens with zero attached hydrogens (tertiary/aromatic N) is 3. The first kappa shape index (κ1) is 21.2. The number of nitrogens with two attached hydrogens (primary N) is 1. The van der Waals surface area contributed by atoms with Crippen molar-refractivity contribution >= 4 is 14.2 Å². The molecule has 2 atom stereocenters. The van der Waals surface area contributed by atoms with Crippen molar-refractivity contribution in [3.63, 3.8) is 0 Å². The summed E-state index contributed by atoms with van der Waals surface area (Å²) in [6.45, 7) is 16.9. The summed E-state index contributed by atoms with van der Waals surface area (Å²) >= 11 is 0. The molecule has 0 bridgehead atoms. The highest BCUT2D eigenvalue weighted by Gasteiger charge is 2.34. The Hall–Kier alpha value is -1.11. The van der Waals surface area contributed by atoms with Crippen molar-refractivity contribution in [1.29, 1.82) is 0 Å². The summed E-state index contributed by atoms with van der Waals surface area (Å²) in [5.41, 5.74) is 9.45. The van der Waals surface area contributed by atoms with Crippen molar-refractivity contribution < 1.29 is 9.53 Å². The summed E-state index contributed by atoms with van der Waals surface area (Å²) in [6, 6.07) is -0.0145. The number of carbonyl (C=O) groups excluding carboxylic acids is 1. The van der Waals surface area contributed by atoms with Gasteiger partial charge in [0, 0.05) is 39.3 Å². The van der Waals surface area contributed by atoms with E-state index in [0.29, 0.717) is 13.1 Å². The molecule has 148 valence electrons. The first-order valence-electron chi connectivity index (χ1n) is 9.47. The van der Waals surface area contributed by atoms with E-state index < -0.39 is 13.7 Å². The molecule has 3 N–H and O–H groups in total. The van der Waals surface area contributed by atoms with E-state index in [1.807, 2.05) is 20.8 Å². The summed E-state index contributed by atoms with van der Waals surface area (Å²) in [5.74, 6) is 3.36. The number of nitrogens with one attached hydrogen (secondary N) is 1. The third kappa shape index (κ3) is 6.25. The van der Waals surface area contributed by atoms with Gasteiger partial charge in [-0.25, -0.2) is 14.8 Å². The zero-order valence-electron chi connectivity index (χ0n) is 17.1. The molecule has 2 unspecified atom stereocenters. The average molecular weight is 382 g/mol. The van der Waals surface area contributed by atoms with Crippen LogP contribution in [0.25, 0.3) is 0 Å². The summed E-state index contributed by atoms with van der Waals surface area (Å²) in [4.78, 5) is 14.0. The van der Waals surface area contributed by atoms with Crippen molar-refractivity contribution in [2.24, 2.45) is 5.73 Å². The number of rotatable bonds is 1. The summed E-state index contributed by atoms with van der Waals surface area (Å²) in [6.07, 6.45) is -0.402. The summed E-state index contributed by atoms with van der Waals surface area (Å²) < 4.78 is 5.47. The van der Waals surface area contributed by atoms with Crippen LogP contribution in [0.15, 0.2) is 0 Å². The zero-order chi connectivity index (χ0) is 19.5. The van der Waals surface area contributed by atoms with Gasteiger partial charge in [0.25, 0.3) is 0 Å². The van der Waals surface area contributed by atoms with E-state index in [0.717, 1.165) is 26.2 Å². The second-order valence-electron chi connectivity index (χ2n) is 9.03. The maximum atomic E-state index is 12.2. The van der Waals surface area contributed by atoms with E-state index in [1.54, 1.807) is 4.90 Å². The fraction of sp³-hybridized carbons (Fsp3) is 0.833. The lowest BCUT2D eigenvalue weighted by Gasteiger charge is -2.47. The molecular formula is C18H35N5O2Si. The number of hydrogen-bond donors (Lipinski definition) is 2. The average Bonchev–Trinajstić information content (AvgIpc) is 2.52. The van der Waals surface area contributed by atoms with Gasteiger partial charge in [0.15, 0.2) is 0 Å². The molecule has 2 aliphatic rings. The number of carbonyl (C=O) groups is 1. The maximum Gasteiger partial charge on any atom is 0.410 e. The third-order valence-electron chi connectivity index (χ3n) is 4.26. The van der Waals surface area contributed by atoms with Crippen molar-refractivity contribution in [3.05, 3.63) is 0 Å². The van der Waals surface area contributed by atoms with Gasteiger partial charge in [-0.15, -0.1) is 5.54 Å². The molecule has 0 radical (unpaired) electrons. The van der Waals surface area contributed by atoms with Crippen LogP contribution in [-0.4, -0.2) is 86.2 Å². The molecule has 0 spiro atoms. The highest BCUT2D eigenvalue weighted by Crippen LogP contribution is 2.15. The number of amides is 1. The Morgan fingerprint density at radius 1 is 1.15 bits per heavy atom. The molecule has 26 heavy (non-hydrogen) atoms. The van der Waals surface area contributed by atoms with Crippen LogP contribution in [0.5, 0.6) is 0 Å². The van der Waals surface area contributed by atoms with Gasteiger partial charge in [-0.3, -0.25) is 5.32 Å². The van der Waals surface area contributed by atoms with Gasteiger partial charge in [0.1, 0.15) is 13.7 Å². The number of piperazine rings is 2. The minimum absolute atomic E-state index is 0.0145. The fourth-order valence-corrected chi connectivity index (χ4v) is 3.59. The standard InChI is InChI=1S/C18H35N5O2Si/c1-18(2,3)25-17(24)21-10-12-22(13-11-21)23-9-8-20-15(16(23)19)7-14-26(4,5)6/h15-16,20H,8-13,19H2,1-6H3. The first-order chi connectivity index (χ1) is 12.0. The van der Waals surface area contributed by atoms with Crippen molar-refractivity contribution in [2.75, 3.05) is 39.3 Å². The monoisotopic (exact) mass is 381 g/mol. The molecule has 0 aliphatic carbocycles. The molecule has 0 aromatic carbocycles. The first-order valence-corrected chi connectivity index (χ1v) is 13.0. The van der Waals surface area contributed by atoms with Gasteiger partial charge in [-0.05, 0) is 20.8 Å². The smallest absolute Gasteiger partial charge is 0.410 e. The van der Waals surface area contributed by atoms with Gasteiger partial charge in [0.05, 0.1) is 12.2 Å². The van der Waals surface area contributed by atoms with Crippen LogP contribution in [0, 0.1) is 11.5 Å². The topological polar surface area (TPSA) is 74.1 Å². The Labute approximate surface area is 159 Å². The Morgan fingerprint density at radius 3 is 2.31 bits per heavy atom. The highest BCUT2D eigenvalue weighted by atomic mass is 28.3. The molecule has 1 amide bonds. The molecule has 7 nitrogen and oxygen atoms in total. The van der Waals surface area contributed by atoms with Gasteiger partial charge < -0.3 is 15.4 Å². The predicted molar refractivity (Wildman–Crippen MR) is 107 cm³/mol. The molecule has 0 aromatic rings. The molecule has 2 heterocycles. The number of hydrogen-bond acceptors (Lipinski definition) is 6. The molecule has 2 aliphatic heterocycles. The quantitative estimate of drug-likeness (QED) is 0.519. The SMILES string of the molecule is CC(C)(C)OC(=O)N1CCN(N2CCNC(C#C[Si](C)(C)C)C2N)CC1. The summed E-state index contributed by atoms with van der Waals surface area (Å²) in [5, 5.41) is 7.91. The van der Waals surface area contributed by atoms with Crippen LogP contribution in [0.4, 0.5) is 4.79 Å². The van der Waals surface area contributed by atoms with E-state index >= 15 is 0 Å². The van der Waals surface area contributed by atoms with Crippen molar-refractivity contribution in [3.8, 4) is 11.5 Å². The van der Waals surface area contributed by atoms with Crippen LogP contribution in [0.1, 0.15) is 20.8 Å². The van der Waals surface area contributed by atoms with E-state index in [-0.39, 0.29) is 18.3 Å². The molecule has 8 heteroatoms. The Morgan fingerprint density at radius 2 is 1.77 bits per heavy atom. The van der Waals surface area contributed by atoms with Gasteiger partial charge in [-0.1, -0.05) is 25.6 Å². The summed E-state index contributed by atoms with van der Waals surface area (Å²) in [7, 11) is -1.42. The zero-order valence-corrected chi connectivity index (χ0v) is 18.1. The molecule has 0 saturated carbocycles. The molecule has 2 fully saturated rings. The lowest BCUT2D eigenvalue weighted by molar-refractivity contribution is -0.0998. The lowest BCUT2D eigenvalue weighted by atomic mass is 10.2. The molecule has 2 rings (SSSR count). The fourth-order valence-electron chi connectivity index (χ4n) is 3.00.